The molecule has 0 fully saturated rings. The van der Waals surface area contributed by atoms with Crippen LogP contribution in [-0.2, 0) is 0 Å². The molecule has 1 atom stereocenters. The van der Waals surface area contributed by atoms with E-state index in [0.29, 0.717) is 5.69 Å². The molecule has 4 aromatic rings. The SMILES string of the molecule is C[C@@H](c1cc2ccccc2o1)N(C)C(=O)c1n[nH]c2ccccc12. The van der Waals surface area contributed by atoms with Crippen molar-refractivity contribution < 1.29 is 9.21 Å². The lowest BCUT2D eigenvalue weighted by Gasteiger charge is -2.22. The van der Waals surface area contributed by atoms with Gasteiger partial charge in [0, 0.05) is 17.8 Å². The zero-order valence-electron chi connectivity index (χ0n) is 13.5. The molecule has 5 nitrogen and oxygen atoms in total. The summed E-state index contributed by atoms with van der Waals surface area (Å²) in [6.45, 7) is 1.95. The molecule has 2 heterocycles. The van der Waals surface area contributed by atoms with Gasteiger partial charge in [-0.3, -0.25) is 9.89 Å². The number of H-pyrrole nitrogens is 1. The first kappa shape index (κ1) is 14.5. The third-order valence-electron chi connectivity index (χ3n) is 4.43. The fourth-order valence-electron chi connectivity index (χ4n) is 2.87. The summed E-state index contributed by atoms with van der Waals surface area (Å²) in [7, 11) is 1.77. The molecule has 0 saturated heterocycles. The normalized spacial score (nSPS) is 12.6. The number of fused-ring (bicyclic) bond motifs is 2. The highest BCUT2D eigenvalue weighted by atomic mass is 16.3. The first-order valence-electron chi connectivity index (χ1n) is 7.84. The molecular formula is C19H17N3O2. The van der Waals surface area contributed by atoms with E-state index in [4.69, 9.17) is 4.42 Å². The van der Waals surface area contributed by atoms with Crippen LogP contribution in [-0.4, -0.2) is 28.1 Å². The number of hydrogen-bond donors (Lipinski definition) is 1. The third kappa shape index (κ3) is 2.25. The molecule has 0 aliphatic heterocycles. The van der Waals surface area contributed by atoms with Crippen molar-refractivity contribution in [2.24, 2.45) is 0 Å². The predicted molar refractivity (Wildman–Crippen MR) is 92.8 cm³/mol. The minimum absolute atomic E-state index is 0.139. The number of carbonyl (C=O) groups excluding carboxylic acids is 1. The molecule has 0 aliphatic rings. The van der Waals surface area contributed by atoms with Gasteiger partial charge in [-0.25, -0.2) is 0 Å². The van der Waals surface area contributed by atoms with Crippen LogP contribution in [0.5, 0.6) is 0 Å². The van der Waals surface area contributed by atoms with Gasteiger partial charge in [-0.05, 0) is 25.1 Å². The van der Waals surface area contributed by atoms with Crippen LogP contribution < -0.4 is 0 Å². The number of nitrogens with one attached hydrogen (secondary N) is 1. The van der Waals surface area contributed by atoms with Gasteiger partial charge in [0.25, 0.3) is 5.91 Å². The summed E-state index contributed by atoms with van der Waals surface area (Å²) in [6.07, 6.45) is 0. The number of benzene rings is 2. The second-order valence-electron chi connectivity index (χ2n) is 5.90. The highest BCUT2D eigenvalue weighted by Crippen LogP contribution is 2.28. The second kappa shape index (κ2) is 5.53. The van der Waals surface area contributed by atoms with Crippen LogP contribution >= 0.6 is 0 Å². The molecule has 0 radical (unpaired) electrons. The maximum atomic E-state index is 12.9. The highest BCUT2D eigenvalue weighted by Gasteiger charge is 2.24. The zero-order chi connectivity index (χ0) is 16.7. The topological polar surface area (TPSA) is 62.1 Å². The van der Waals surface area contributed by atoms with Crippen LogP contribution in [0.2, 0.25) is 0 Å². The Labute approximate surface area is 138 Å². The molecule has 1 N–H and O–H groups in total. The van der Waals surface area contributed by atoms with Crippen LogP contribution in [0.25, 0.3) is 21.9 Å². The summed E-state index contributed by atoms with van der Waals surface area (Å²) in [6, 6.07) is 17.2. The van der Waals surface area contributed by atoms with Crippen molar-refractivity contribution in [3.63, 3.8) is 0 Å². The summed E-state index contributed by atoms with van der Waals surface area (Å²) in [5.74, 6) is 0.618. The number of aromatic amines is 1. The fourth-order valence-corrected chi connectivity index (χ4v) is 2.87. The lowest BCUT2D eigenvalue weighted by Crippen LogP contribution is -2.29. The van der Waals surface area contributed by atoms with Crippen LogP contribution in [0, 0.1) is 0 Å². The minimum Gasteiger partial charge on any atom is -0.459 e. The number of para-hydroxylation sites is 2. The first-order valence-corrected chi connectivity index (χ1v) is 7.84. The molecule has 0 bridgehead atoms. The van der Waals surface area contributed by atoms with Crippen molar-refractivity contribution in [2.75, 3.05) is 7.05 Å². The molecular weight excluding hydrogens is 302 g/mol. The monoisotopic (exact) mass is 319 g/mol. The molecule has 120 valence electrons. The van der Waals surface area contributed by atoms with Crippen molar-refractivity contribution in [1.82, 2.24) is 15.1 Å². The average Bonchev–Trinajstić information content (AvgIpc) is 3.23. The molecule has 2 aromatic carbocycles. The van der Waals surface area contributed by atoms with E-state index in [1.807, 2.05) is 61.5 Å². The number of amides is 1. The molecule has 2 aromatic heterocycles. The number of aromatic nitrogens is 2. The third-order valence-corrected chi connectivity index (χ3v) is 4.43. The molecule has 0 aliphatic carbocycles. The summed E-state index contributed by atoms with van der Waals surface area (Å²) in [4.78, 5) is 14.5. The Hall–Kier alpha value is -3.08. The van der Waals surface area contributed by atoms with Crippen molar-refractivity contribution >= 4 is 27.8 Å². The highest BCUT2D eigenvalue weighted by molar-refractivity contribution is 6.04. The lowest BCUT2D eigenvalue weighted by molar-refractivity contribution is 0.0723. The van der Waals surface area contributed by atoms with Gasteiger partial charge in [-0.2, -0.15) is 5.10 Å². The van der Waals surface area contributed by atoms with E-state index in [1.54, 1.807) is 11.9 Å². The molecule has 24 heavy (non-hydrogen) atoms. The molecule has 0 unspecified atom stereocenters. The predicted octanol–water partition coefficient (Wildman–Crippen LogP) is 4.14. The zero-order valence-corrected chi connectivity index (χ0v) is 13.5. The smallest absolute Gasteiger partial charge is 0.275 e. The maximum absolute atomic E-state index is 12.9. The van der Waals surface area contributed by atoms with E-state index in [1.165, 1.54) is 0 Å². The van der Waals surface area contributed by atoms with Gasteiger partial charge >= 0.3 is 0 Å². The number of carbonyl (C=O) groups is 1. The second-order valence-corrected chi connectivity index (χ2v) is 5.90. The molecule has 0 spiro atoms. The van der Waals surface area contributed by atoms with E-state index in [2.05, 4.69) is 10.2 Å². The van der Waals surface area contributed by atoms with E-state index < -0.39 is 0 Å². The van der Waals surface area contributed by atoms with Gasteiger partial charge in [-0.15, -0.1) is 0 Å². The quantitative estimate of drug-likeness (QED) is 0.617. The molecule has 5 heteroatoms. The Balaban J connectivity index is 1.66. The van der Waals surface area contributed by atoms with Crippen molar-refractivity contribution in [3.8, 4) is 0 Å². The van der Waals surface area contributed by atoms with Crippen molar-refractivity contribution in [2.45, 2.75) is 13.0 Å². The van der Waals surface area contributed by atoms with Gasteiger partial charge in [0.05, 0.1) is 11.6 Å². The Morgan fingerprint density at radius 2 is 1.92 bits per heavy atom. The van der Waals surface area contributed by atoms with Crippen LogP contribution in [0.15, 0.2) is 59.0 Å². The first-order chi connectivity index (χ1) is 11.6. The van der Waals surface area contributed by atoms with Gasteiger partial charge in [0.15, 0.2) is 5.69 Å². The van der Waals surface area contributed by atoms with Gasteiger partial charge in [0.2, 0.25) is 0 Å². The maximum Gasteiger partial charge on any atom is 0.275 e. The van der Waals surface area contributed by atoms with Crippen molar-refractivity contribution in [3.05, 3.63) is 66.1 Å². The number of nitrogens with zero attached hydrogens (tertiary/aromatic N) is 2. The standard InChI is InChI=1S/C19H17N3O2/c1-12(17-11-13-7-3-6-10-16(13)24-17)22(2)19(23)18-14-8-4-5-9-15(14)20-21-18/h3-12H,1-2H3,(H,20,21)/t12-/m0/s1. The van der Waals surface area contributed by atoms with Crippen LogP contribution in [0.4, 0.5) is 0 Å². The summed E-state index contributed by atoms with van der Waals surface area (Å²) < 4.78 is 5.88. The average molecular weight is 319 g/mol. The Kier molecular flexibility index (Phi) is 3.34. The number of furan rings is 1. The van der Waals surface area contributed by atoms with E-state index in [9.17, 15) is 4.79 Å². The Morgan fingerprint density at radius 3 is 2.75 bits per heavy atom. The van der Waals surface area contributed by atoms with Crippen LogP contribution in [0.3, 0.4) is 0 Å². The summed E-state index contributed by atoms with van der Waals surface area (Å²) in [5.41, 5.74) is 2.10. The van der Waals surface area contributed by atoms with Gasteiger partial charge < -0.3 is 9.32 Å². The van der Waals surface area contributed by atoms with E-state index >= 15 is 0 Å². The number of rotatable bonds is 3. The van der Waals surface area contributed by atoms with Crippen molar-refractivity contribution in [1.29, 1.82) is 0 Å². The molecule has 0 saturated carbocycles. The minimum atomic E-state index is -0.194. The lowest BCUT2D eigenvalue weighted by atomic mass is 10.1. The van der Waals surface area contributed by atoms with E-state index in [-0.39, 0.29) is 11.9 Å². The van der Waals surface area contributed by atoms with Gasteiger partial charge in [-0.1, -0.05) is 36.4 Å². The van der Waals surface area contributed by atoms with Gasteiger partial charge in [0.1, 0.15) is 11.3 Å². The van der Waals surface area contributed by atoms with E-state index in [0.717, 1.165) is 27.6 Å². The Bertz CT molecular complexity index is 998. The summed E-state index contributed by atoms with van der Waals surface area (Å²) in [5, 5.41) is 8.95. The Morgan fingerprint density at radius 1 is 1.17 bits per heavy atom. The number of hydrogen-bond acceptors (Lipinski definition) is 3. The fraction of sp³-hybridized carbons (Fsp3) is 0.158. The molecule has 1 amide bonds. The summed E-state index contributed by atoms with van der Waals surface area (Å²) >= 11 is 0. The largest absolute Gasteiger partial charge is 0.459 e. The van der Waals surface area contributed by atoms with Crippen LogP contribution in [0.1, 0.15) is 29.2 Å². The molecule has 4 rings (SSSR count).